The molecule has 1 aromatic carbocycles. The van der Waals surface area contributed by atoms with E-state index in [9.17, 15) is 4.79 Å². The number of aromatic nitrogens is 2. The Morgan fingerprint density at radius 2 is 1.85 bits per heavy atom. The Balaban J connectivity index is 1.28. The molecule has 9 nitrogen and oxygen atoms in total. The molecule has 2 aromatic rings. The van der Waals surface area contributed by atoms with Crippen molar-refractivity contribution in [2.24, 2.45) is 5.41 Å². The highest BCUT2D eigenvalue weighted by molar-refractivity contribution is 9.10. The molecule has 0 radical (unpaired) electrons. The molecule has 2 atom stereocenters. The van der Waals surface area contributed by atoms with Crippen LogP contribution in [0.15, 0.2) is 10.5 Å². The summed E-state index contributed by atoms with van der Waals surface area (Å²) in [5.41, 5.74) is 0.657. The summed E-state index contributed by atoms with van der Waals surface area (Å²) < 4.78 is 33.7. The van der Waals surface area contributed by atoms with Crippen LogP contribution in [-0.2, 0) is 15.9 Å². The van der Waals surface area contributed by atoms with Crippen LogP contribution < -0.4 is 9.64 Å². The Hall–Kier alpha value is -2.24. The Kier molecular flexibility index (Phi) is 7.82. The number of fused-ring (bicyclic) bond motifs is 3. The number of hydrogen-bond donors (Lipinski definition) is 0. The second-order valence-corrected chi connectivity index (χ2v) is 13.9. The maximum Gasteiger partial charge on any atom is 0.410 e. The van der Waals surface area contributed by atoms with Crippen molar-refractivity contribution in [3.63, 3.8) is 0 Å². The number of amides is 1. The lowest BCUT2D eigenvalue weighted by Crippen LogP contribution is -2.57. The van der Waals surface area contributed by atoms with E-state index in [4.69, 9.17) is 19.2 Å². The van der Waals surface area contributed by atoms with E-state index in [1.54, 1.807) is 0 Å². The molecule has 1 amide bonds. The SMILES string of the molecule is CCc1cc2c(N3CC4CCC(C3)N4C(=O)OC(C)(C)C)nc(OCC3(CN4CCOCC4)CC3)nc2c(F)c1Br. The smallest absolute Gasteiger partial charge is 0.410 e. The van der Waals surface area contributed by atoms with Gasteiger partial charge in [0.1, 0.15) is 16.9 Å². The van der Waals surface area contributed by atoms with Gasteiger partial charge >= 0.3 is 12.1 Å². The van der Waals surface area contributed by atoms with Crippen molar-refractivity contribution in [3.05, 3.63) is 21.9 Å². The number of nitrogens with zero attached hydrogens (tertiary/aromatic N) is 5. The summed E-state index contributed by atoms with van der Waals surface area (Å²) in [6, 6.07) is 2.21. The third-order valence-electron chi connectivity index (χ3n) is 8.80. The van der Waals surface area contributed by atoms with Crippen molar-refractivity contribution in [2.45, 2.75) is 77.5 Å². The molecule has 2 bridgehead atoms. The van der Waals surface area contributed by atoms with Gasteiger partial charge in [-0.25, -0.2) is 9.18 Å². The van der Waals surface area contributed by atoms with Crippen LogP contribution in [0.2, 0.25) is 0 Å². The number of piperazine rings is 1. The Morgan fingerprint density at radius 3 is 2.46 bits per heavy atom. The predicted molar refractivity (Wildman–Crippen MR) is 158 cm³/mol. The van der Waals surface area contributed by atoms with E-state index < -0.39 is 11.4 Å². The number of carbonyl (C=O) groups is 1. The highest BCUT2D eigenvalue weighted by Gasteiger charge is 2.46. The van der Waals surface area contributed by atoms with Gasteiger partial charge in [0.2, 0.25) is 0 Å². The lowest BCUT2D eigenvalue weighted by molar-refractivity contribution is 0.0123. The van der Waals surface area contributed by atoms with Crippen LogP contribution in [0.1, 0.15) is 58.9 Å². The fraction of sp³-hybridized carbons (Fsp3) is 0.700. The molecule has 1 saturated carbocycles. The average Bonchev–Trinajstić information content (AvgIpc) is 3.64. The zero-order valence-corrected chi connectivity index (χ0v) is 26.1. The molecule has 3 aliphatic heterocycles. The van der Waals surface area contributed by atoms with E-state index in [-0.39, 0.29) is 35.1 Å². The van der Waals surface area contributed by atoms with Gasteiger partial charge in [-0.2, -0.15) is 9.97 Å². The van der Waals surface area contributed by atoms with E-state index >= 15 is 4.39 Å². The first-order valence-electron chi connectivity index (χ1n) is 14.9. The Labute approximate surface area is 249 Å². The summed E-state index contributed by atoms with van der Waals surface area (Å²) in [6.07, 6.45) is 4.40. The molecular formula is C30H41BrFN5O4. The number of carbonyl (C=O) groups excluding carboxylic acids is 1. The number of aryl methyl sites for hydroxylation is 1. The lowest BCUT2D eigenvalue weighted by atomic mass is 10.1. The molecule has 4 fully saturated rings. The Morgan fingerprint density at radius 1 is 1.17 bits per heavy atom. The topological polar surface area (TPSA) is 80.3 Å². The molecule has 0 N–H and O–H groups in total. The van der Waals surface area contributed by atoms with Gasteiger partial charge in [0.05, 0.1) is 36.4 Å². The zero-order chi connectivity index (χ0) is 28.9. The molecule has 1 aliphatic carbocycles. The van der Waals surface area contributed by atoms with Crippen molar-refractivity contribution in [1.82, 2.24) is 19.8 Å². The number of anilines is 1. The van der Waals surface area contributed by atoms with Crippen molar-refractivity contribution >= 4 is 38.7 Å². The third-order valence-corrected chi connectivity index (χ3v) is 9.66. The second-order valence-electron chi connectivity index (χ2n) is 13.1. The molecule has 2 unspecified atom stereocenters. The number of benzene rings is 1. The number of hydrogen-bond acceptors (Lipinski definition) is 8. The number of ether oxygens (including phenoxy) is 3. The van der Waals surface area contributed by atoms with Crippen LogP contribution in [0.25, 0.3) is 10.9 Å². The van der Waals surface area contributed by atoms with Crippen molar-refractivity contribution in [1.29, 1.82) is 0 Å². The highest BCUT2D eigenvalue weighted by Crippen LogP contribution is 2.47. The van der Waals surface area contributed by atoms with Crippen LogP contribution in [0, 0.1) is 11.2 Å². The molecule has 6 rings (SSSR count). The second kappa shape index (κ2) is 11.1. The van der Waals surface area contributed by atoms with Gasteiger partial charge in [-0.15, -0.1) is 0 Å². The minimum Gasteiger partial charge on any atom is -0.463 e. The van der Waals surface area contributed by atoms with Crippen LogP contribution in [0.4, 0.5) is 15.0 Å². The van der Waals surface area contributed by atoms with Crippen molar-refractivity contribution in [2.75, 3.05) is 57.4 Å². The number of halogens is 2. The summed E-state index contributed by atoms with van der Waals surface area (Å²) >= 11 is 3.46. The molecule has 4 heterocycles. The number of rotatable bonds is 7. The summed E-state index contributed by atoms with van der Waals surface area (Å²) in [5.74, 6) is 0.280. The van der Waals surface area contributed by atoms with E-state index in [2.05, 4.69) is 30.7 Å². The largest absolute Gasteiger partial charge is 0.463 e. The van der Waals surface area contributed by atoms with Crippen LogP contribution in [-0.4, -0.2) is 96.1 Å². The summed E-state index contributed by atoms with van der Waals surface area (Å²) in [6.45, 7) is 13.8. The normalized spacial score (nSPS) is 24.1. The van der Waals surface area contributed by atoms with Gasteiger partial charge in [0, 0.05) is 43.5 Å². The zero-order valence-electron chi connectivity index (χ0n) is 24.5. The predicted octanol–water partition coefficient (Wildman–Crippen LogP) is 5.17. The first-order chi connectivity index (χ1) is 19.6. The van der Waals surface area contributed by atoms with Crippen LogP contribution in [0.3, 0.4) is 0 Å². The van der Waals surface area contributed by atoms with Crippen LogP contribution >= 0.6 is 15.9 Å². The van der Waals surface area contributed by atoms with E-state index in [1.165, 1.54) is 0 Å². The maximum absolute atomic E-state index is 15.8. The molecule has 224 valence electrons. The minimum atomic E-state index is -0.551. The molecule has 3 saturated heterocycles. The van der Waals surface area contributed by atoms with Crippen molar-refractivity contribution < 1.29 is 23.4 Å². The molecule has 11 heteroatoms. The fourth-order valence-electron chi connectivity index (χ4n) is 6.45. The van der Waals surface area contributed by atoms with Gasteiger partial charge in [-0.1, -0.05) is 6.92 Å². The summed E-state index contributed by atoms with van der Waals surface area (Å²) in [5, 5.41) is 0.675. The molecule has 41 heavy (non-hydrogen) atoms. The average molecular weight is 635 g/mol. The third kappa shape index (κ3) is 5.99. The maximum atomic E-state index is 15.8. The molecular weight excluding hydrogens is 593 g/mol. The number of morpholine rings is 1. The quantitative estimate of drug-likeness (QED) is 0.413. The summed E-state index contributed by atoms with van der Waals surface area (Å²) in [7, 11) is 0. The Bertz CT molecular complexity index is 1300. The first-order valence-corrected chi connectivity index (χ1v) is 15.7. The fourth-order valence-corrected chi connectivity index (χ4v) is 7.03. The molecule has 0 spiro atoms. The van der Waals surface area contributed by atoms with E-state index in [0.29, 0.717) is 41.8 Å². The van der Waals surface area contributed by atoms with Gasteiger partial charge in [-0.3, -0.25) is 9.80 Å². The van der Waals surface area contributed by atoms with E-state index in [0.717, 1.165) is 64.1 Å². The lowest BCUT2D eigenvalue weighted by Gasteiger charge is -2.42. The standard InChI is InChI=1S/C30H41BrFN5O4/c1-5-19-14-22-25(24(32)23(19)31)33-27(40-18-30(8-9-30)17-35-10-12-39-13-11-35)34-26(22)36-15-20-6-7-21(16-36)37(20)28(38)41-29(2,3)4/h14,20-21H,5-13,15-18H2,1-4H3. The minimum absolute atomic E-state index is 0.00665. The van der Waals surface area contributed by atoms with Gasteiger partial charge in [-0.05, 0) is 80.4 Å². The molecule has 4 aliphatic rings. The van der Waals surface area contributed by atoms with Gasteiger partial charge < -0.3 is 19.1 Å². The van der Waals surface area contributed by atoms with Crippen LogP contribution in [0.5, 0.6) is 6.01 Å². The first kappa shape index (κ1) is 28.9. The molecule has 1 aromatic heterocycles. The van der Waals surface area contributed by atoms with Gasteiger partial charge in [0.15, 0.2) is 5.82 Å². The van der Waals surface area contributed by atoms with E-state index in [1.807, 2.05) is 38.7 Å². The van der Waals surface area contributed by atoms with Gasteiger partial charge in [0.25, 0.3) is 0 Å². The highest BCUT2D eigenvalue weighted by atomic mass is 79.9. The monoisotopic (exact) mass is 633 g/mol. The van der Waals surface area contributed by atoms with Crippen molar-refractivity contribution in [3.8, 4) is 6.01 Å². The summed E-state index contributed by atoms with van der Waals surface area (Å²) in [4.78, 5) is 29.1.